The quantitative estimate of drug-likeness (QED) is 0.456. The van der Waals surface area contributed by atoms with E-state index in [0.29, 0.717) is 0 Å². The van der Waals surface area contributed by atoms with Gasteiger partial charge in [0.15, 0.2) is 5.65 Å². The van der Waals surface area contributed by atoms with Gasteiger partial charge in [-0.2, -0.15) is 0 Å². The molecule has 0 amide bonds. The van der Waals surface area contributed by atoms with Crippen LogP contribution in [0.25, 0.3) is 22.1 Å². The molecule has 1 N–H and O–H groups in total. The molecule has 0 fully saturated rings. The number of hydrogen-bond acceptors (Lipinski definition) is 4. The third kappa shape index (κ3) is 4.28. The van der Waals surface area contributed by atoms with Crippen LogP contribution in [0, 0.1) is 6.92 Å². The molecule has 2 aromatic carbocycles. The number of nitrogens with one attached hydrogen (secondary N) is 1. The van der Waals surface area contributed by atoms with E-state index in [1.165, 1.54) is 11.1 Å². The summed E-state index contributed by atoms with van der Waals surface area (Å²) >= 11 is 1.70. The number of benzene rings is 2. The van der Waals surface area contributed by atoms with Crippen molar-refractivity contribution in [2.75, 3.05) is 25.4 Å². The molecule has 0 spiro atoms. The molecule has 0 aliphatic rings. The monoisotopic (exact) mass is 406 g/mol. The molecule has 4 rings (SSSR count). The molecule has 0 aliphatic heterocycles. The Hall–Kier alpha value is -2.44. The number of hydrogen-bond donors (Lipinski definition) is 1. The fourth-order valence-corrected chi connectivity index (χ4v) is 4.56. The maximum absolute atomic E-state index is 4.93. The zero-order chi connectivity index (χ0) is 20.2. The van der Waals surface area contributed by atoms with Crippen LogP contribution in [0.3, 0.4) is 0 Å². The molecule has 150 valence electrons. The Morgan fingerprint density at radius 3 is 2.55 bits per heavy atom. The Kier molecular flexibility index (Phi) is 6.11. The molecule has 4 aromatic rings. The Labute approximate surface area is 176 Å². The summed E-state index contributed by atoms with van der Waals surface area (Å²) in [5.41, 5.74) is 5.44. The molecular weight excluding hydrogens is 378 g/mol. The summed E-state index contributed by atoms with van der Waals surface area (Å²) in [4.78, 5) is 6.53. The first kappa shape index (κ1) is 19.9. The molecule has 5 nitrogen and oxygen atoms in total. The minimum absolute atomic E-state index is 0.762. The van der Waals surface area contributed by atoms with E-state index >= 15 is 0 Å². The van der Waals surface area contributed by atoms with E-state index in [0.717, 1.165) is 59.2 Å². The van der Waals surface area contributed by atoms with Crippen LogP contribution in [0.2, 0.25) is 0 Å². The average molecular weight is 407 g/mol. The summed E-state index contributed by atoms with van der Waals surface area (Å²) in [6, 6.07) is 17.0. The summed E-state index contributed by atoms with van der Waals surface area (Å²) in [6.45, 7) is 10.8. The first-order valence-electron chi connectivity index (χ1n) is 10.3. The molecule has 2 heterocycles. The van der Waals surface area contributed by atoms with Crippen LogP contribution >= 0.6 is 11.8 Å². The van der Waals surface area contributed by atoms with Gasteiger partial charge in [0, 0.05) is 11.9 Å². The average Bonchev–Trinajstić information content (AvgIpc) is 3.04. The normalized spacial score (nSPS) is 11.7. The zero-order valence-corrected chi connectivity index (χ0v) is 18.2. The lowest BCUT2D eigenvalue weighted by Crippen LogP contribution is -3.11. The summed E-state index contributed by atoms with van der Waals surface area (Å²) in [5, 5.41) is 10.9. The highest BCUT2D eigenvalue weighted by Gasteiger charge is 2.16. The first-order chi connectivity index (χ1) is 14.2. The van der Waals surface area contributed by atoms with Crippen LogP contribution < -0.4 is 4.90 Å². The van der Waals surface area contributed by atoms with E-state index in [-0.39, 0.29) is 0 Å². The molecule has 2 aromatic heterocycles. The van der Waals surface area contributed by atoms with Crippen molar-refractivity contribution in [2.24, 2.45) is 0 Å². The van der Waals surface area contributed by atoms with Crippen LogP contribution in [0.5, 0.6) is 0 Å². The Bertz CT molecular complexity index is 1100. The van der Waals surface area contributed by atoms with Gasteiger partial charge in [-0.3, -0.25) is 0 Å². The minimum Gasteiger partial charge on any atom is -0.335 e. The van der Waals surface area contributed by atoms with Crippen molar-refractivity contribution >= 4 is 33.8 Å². The fraction of sp³-hybridized carbons (Fsp3) is 0.348. The molecule has 0 bridgehead atoms. The van der Waals surface area contributed by atoms with Crippen LogP contribution in [0.15, 0.2) is 53.7 Å². The summed E-state index contributed by atoms with van der Waals surface area (Å²) in [7, 11) is 0. The van der Waals surface area contributed by atoms with Gasteiger partial charge in [0.2, 0.25) is 5.16 Å². The van der Waals surface area contributed by atoms with Crippen LogP contribution in [-0.4, -0.2) is 45.1 Å². The van der Waals surface area contributed by atoms with Gasteiger partial charge < -0.3 is 9.47 Å². The number of nitrogens with zero attached hydrogens (tertiary/aromatic N) is 4. The molecule has 29 heavy (non-hydrogen) atoms. The summed E-state index contributed by atoms with van der Waals surface area (Å²) in [5.74, 6) is 1.00. The van der Waals surface area contributed by atoms with E-state index in [9.17, 15) is 0 Å². The summed E-state index contributed by atoms with van der Waals surface area (Å²) in [6.07, 6.45) is 0. The van der Waals surface area contributed by atoms with E-state index in [2.05, 4.69) is 84.1 Å². The topological polar surface area (TPSA) is 48.0 Å². The predicted molar refractivity (Wildman–Crippen MR) is 121 cm³/mol. The molecule has 0 saturated carbocycles. The third-order valence-corrected chi connectivity index (χ3v) is 6.31. The highest BCUT2D eigenvalue weighted by atomic mass is 32.2. The number of quaternary nitrogens is 1. The van der Waals surface area contributed by atoms with Crippen molar-refractivity contribution in [1.82, 2.24) is 19.7 Å². The number of fused-ring (bicyclic) bond motifs is 3. The summed E-state index contributed by atoms with van der Waals surface area (Å²) < 4.78 is 2.27. The highest BCUT2D eigenvalue weighted by molar-refractivity contribution is 7.99. The van der Waals surface area contributed by atoms with Gasteiger partial charge >= 0.3 is 0 Å². The van der Waals surface area contributed by atoms with Gasteiger partial charge in [0.05, 0.1) is 30.9 Å². The predicted octanol–water partition coefficient (Wildman–Crippen LogP) is 3.35. The number of aryl methyl sites for hydroxylation is 1. The molecule has 6 heteroatoms. The van der Waals surface area contributed by atoms with Crippen LogP contribution in [0.4, 0.5) is 0 Å². The second kappa shape index (κ2) is 8.93. The van der Waals surface area contributed by atoms with Crippen LogP contribution in [-0.2, 0) is 6.54 Å². The SMILES string of the molecule is CC[NH+](CC)CCSc1nnc2c3cc(C)ccc3n(Cc3ccccc3)c2n1. The second-order valence-electron chi connectivity index (χ2n) is 7.41. The third-order valence-electron chi connectivity index (χ3n) is 5.47. The fourth-order valence-electron chi connectivity index (χ4n) is 3.73. The zero-order valence-electron chi connectivity index (χ0n) is 17.4. The number of rotatable bonds is 8. The van der Waals surface area contributed by atoms with E-state index < -0.39 is 0 Å². The van der Waals surface area contributed by atoms with Gasteiger partial charge in [-0.1, -0.05) is 53.7 Å². The van der Waals surface area contributed by atoms with Crippen LogP contribution in [0.1, 0.15) is 25.0 Å². The lowest BCUT2D eigenvalue weighted by Gasteiger charge is -2.14. The van der Waals surface area contributed by atoms with Crippen molar-refractivity contribution in [3.8, 4) is 0 Å². The molecule has 0 saturated heterocycles. The Morgan fingerprint density at radius 2 is 1.79 bits per heavy atom. The van der Waals surface area contributed by atoms with E-state index in [1.807, 2.05) is 0 Å². The smallest absolute Gasteiger partial charge is 0.211 e. The van der Waals surface area contributed by atoms with Crippen molar-refractivity contribution in [1.29, 1.82) is 0 Å². The van der Waals surface area contributed by atoms with Crippen molar-refractivity contribution in [2.45, 2.75) is 32.5 Å². The molecular formula is C23H28N5S+. The van der Waals surface area contributed by atoms with Gasteiger partial charge in [-0.25, -0.2) is 4.98 Å². The Balaban J connectivity index is 1.71. The molecule has 0 atom stereocenters. The van der Waals surface area contributed by atoms with Crippen molar-refractivity contribution < 1.29 is 4.90 Å². The highest BCUT2D eigenvalue weighted by Crippen LogP contribution is 2.28. The van der Waals surface area contributed by atoms with Gasteiger partial charge in [-0.05, 0) is 38.5 Å². The van der Waals surface area contributed by atoms with Crippen molar-refractivity contribution in [3.63, 3.8) is 0 Å². The first-order valence-corrected chi connectivity index (χ1v) is 11.3. The minimum atomic E-state index is 0.762. The lowest BCUT2D eigenvalue weighted by atomic mass is 10.1. The number of thioether (sulfide) groups is 1. The maximum Gasteiger partial charge on any atom is 0.211 e. The van der Waals surface area contributed by atoms with Gasteiger partial charge in [0.25, 0.3) is 0 Å². The molecule has 0 unspecified atom stereocenters. The van der Waals surface area contributed by atoms with Gasteiger partial charge in [-0.15, -0.1) is 10.2 Å². The Morgan fingerprint density at radius 1 is 1.00 bits per heavy atom. The lowest BCUT2D eigenvalue weighted by molar-refractivity contribution is -0.893. The molecule has 0 radical (unpaired) electrons. The van der Waals surface area contributed by atoms with Crippen molar-refractivity contribution in [3.05, 3.63) is 59.7 Å². The molecule has 0 aliphatic carbocycles. The van der Waals surface area contributed by atoms with E-state index in [4.69, 9.17) is 4.98 Å². The van der Waals surface area contributed by atoms with Gasteiger partial charge in [0.1, 0.15) is 5.52 Å². The largest absolute Gasteiger partial charge is 0.335 e. The standard InChI is InChI=1S/C23H27N5S/c1-4-27(5-2)13-14-29-23-24-22-21(25-26-23)19-15-17(3)11-12-20(19)28(22)16-18-9-7-6-8-10-18/h6-12,15H,4-5,13-14,16H2,1-3H3/p+1. The second-order valence-corrected chi connectivity index (χ2v) is 8.48. The van der Waals surface area contributed by atoms with E-state index in [1.54, 1.807) is 16.7 Å². The number of aromatic nitrogens is 4. The maximum atomic E-state index is 4.93.